The average Bonchev–Trinajstić information content (AvgIpc) is 2.52. The summed E-state index contributed by atoms with van der Waals surface area (Å²) in [5.74, 6) is 2.16. The van der Waals surface area contributed by atoms with Crippen molar-refractivity contribution in [3.05, 3.63) is 0 Å². The summed E-state index contributed by atoms with van der Waals surface area (Å²) >= 11 is 0. The van der Waals surface area contributed by atoms with Crippen LogP contribution >= 0.6 is 0 Å². The van der Waals surface area contributed by atoms with Crippen molar-refractivity contribution in [2.24, 2.45) is 22.6 Å². The SMILES string of the molecule is CC(C)CN1C(N)=NCC12CCCCC2C. The van der Waals surface area contributed by atoms with Gasteiger partial charge in [0.15, 0.2) is 5.96 Å². The fourth-order valence-corrected chi connectivity index (χ4v) is 3.29. The third-order valence-corrected chi connectivity index (χ3v) is 4.29. The molecule has 2 rings (SSSR count). The van der Waals surface area contributed by atoms with Gasteiger partial charge in [-0.05, 0) is 24.7 Å². The number of hydrogen-bond acceptors (Lipinski definition) is 3. The van der Waals surface area contributed by atoms with Crippen LogP contribution in [-0.2, 0) is 0 Å². The molecule has 1 aliphatic heterocycles. The van der Waals surface area contributed by atoms with Crippen LogP contribution in [0, 0.1) is 11.8 Å². The van der Waals surface area contributed by atoms with Gasteiger partial charge in [0.05, 0.1) is 12.1 Å². The van der Waals surface area contributed by atoms with Gasteiger partial charge in [0.2, 0.25) is 0 Å². The van der Waals surface area contributed by atoms with E-state index in [0.29, 0.717) is 5.92 Å². The summed E-state index contributed by atoms with van der Waals surface area (Å²) in [6, 6.07) is 0. The van der Waals surface area contributed by atoms with Gasteiger partial charge in [-0.2, -0.15) is 0 Å². The van der Waals surface area contributed by atoms with Crippen molar-refractivity contribution in [1.82, 2.24) is 4.90 Å². The summed E-state index contributed by atoms with van der Waals surface area (Å²) in [6.07, 6.45) is 5.31. The molecule has 0 aromatic heterocycles. The summed E-state index contributed by atoms with van der Waals surface area (Å²) in [5, 5.41) is 0. The third kappa shape index (κ3) is 1.80. The maximum Gasteiger partial charge on any atom is 0.191 e. The maximum atomic E-state index is 6.07. The molecule has 16 heavy (non-hydrogen) atoms. The average molecular weight is 223 g/mol. The van der Waals surface area contributed by atoms with Crippen molar-refractivity contribution in [2.45, 2.75) is 52.0 Å². The second kappa shape index (κ2) is 4.27. The highest BCUT2D eigenvalue weighted by Gasteiger charge is 2.47. The predicted octanol–water partition coefficient (Wildman–Crippen LogP) is 2.22. The highest BCUT2D eigenvalue weighted by molar-refractivity contribution is 5.81. The molecule has 0 bridgehead atoms. The monoisotopic (exact) mass is 223 g/mol. The first-order valence-corrected chi connectivity index (χ1v) is 6.64. The zero-order valence-corrected chi connectivity index (χ0v) is 10.9. The molecule has 2 unspecified atom stereocenters. The van der Waals surface area contributed by atoms with E-state index in [-0.39, 0.29) is 5.54 Å². The molecule has 92 valence electrons. The Morgan fingerprint density at radius 1 is 1.50 bits per heavy atom. The van der Waals surface area contributed by atoms with Gasteiger partial charge in [-0.25, -0.2) is 0 Å². The molecule has 2 atom stereocenters. The molecule has 1 saturated carbocycles. The molecule has 1 fully saturated rings. The first kappa shape index (κ1) is 11.7. The molecule has 3 heteroatoms. The molecule has 1 aliphatic carbocycles. The van der Waals surface area contributed by atoms with E-state index in [0.717, 1.165) is 25.0 Å². The molecular weight excluding hydrogens is 198 g/mol. The van der Waals surface area contributed by atoms with Gasteiger partial charge in [0, 0.05) is 6.54 Å². The van der Waals surface area contributed by atoms with E-state index in [4.69, 9.17) is 5.73 Å². The third-order valence-electron chi connectivity index (χ3n) is 4.29. The van der Waals surface area contributed by atoms with Crippen LogP contribution in [0.15, 0.2) is 4.99 Å². The van der Waals surface area contributed by atoms with Crippen molar-refractivity contribution >= 4 is 5.96 Å². The quantitative estimate of drug-likeness (QED) is 0.780. The minimum Gasteiger partial charge on any atom is -0.370 e. The van der Waals surface area contributed by atoms with Crippen LogP contribution in [0.1, 0.15) is 46.5 Å². The van der Waals surface area contributed by atoms with Gasteiger partial charge in [-0.15, -0.1) is 0 Å². The van der Waals surface area contributed by atoms with Gasteiger partial charge in [0.25, 0.3) is 0 Å². The Morgan fingerprint density at radius 3 is 2.88 bits per heavy atom. The second-order valence-electron chi connectivity index (χ2n) is 5.93. The molecule has 0 aromatic carbocycles. The van der Waals surface area contributed by atoms with Crippen LogP contribution < -0.4 is 5.73 Å². The molecule has 2 aliphatic rings. The normalized spacial score (nSPS) is 34.9. The standard InChI is InChI=1S/C13H25N3/c1-10(2)8-16-12(14)15-9-13(16)7-5-4-6-11(13)3/h10-11H,4-9H2,1-3H3,(H2,14,15). The fourth-order valence-electron chi connectivity index (χ4n) is 3.29. The minimum atomic E-state index is 0.257. The second-order valence-corrected chi connectivity index (χ2v) is 5.93. The van der Waals surface area contributed by atoms with E-state index in [1.807, 2.05) is 0 Å². The van der Waals surface area contributed by atoms with Gasteiger partial charge >= 0.3 is 0 Å². The lowest BCUT2D eigenvalue weighted by Gasteiger charge is -2.47. The highest BCUT2D eigenvalue weighted by Crippen LogP contribution is 2.41. The number of nitrogens with two attached hydrogens (primary N) is 1. The Bertz CT molecular complexity index is 285. The van der Waals surface area contributed by atoms with Gasteiger partial charge in [-0.3, -0.25) is 4.99 Å². The Labute approximate surface area is 99.1 Å². The van der Waals surface area contributed by atoms with Crippen molar-refractivity contribution in [1.29, 1.82) is 0 Å². The fraction of sp³-hybridized carbons (Fsp3) is 0.923. The van der Waals surface area contributed by atoms with Crippen LogP contribution in [-0.4, -0.2) is 29.5 Å². The summed E-state index contributed by atoms with van der Waals surface area (Å²) in [5.41, 5.74) is 6.33. The Hall–Kier alpha value is -0.730. The van der Waals surface area contributed by atoms with Crippen LogP contribution in [0.5, 0.6) is 0 Å². The van der Waals surface area contributed by atoms with Crippen LogP contribution in [0.25, 0.3) is 0 Å². The molecule has 1 heterocycles. The molecule has 0 amide bonds. The highest BCUT2D eigenvalue weighted by atomic mass is 15.4. The Balaban J connectivity index is 2.19. The number of hydrogen-bond donors (Lipinski definition) is 1. The molecule has 0 saturated heterocycles. The van der Waals surface area contributed by atoms with E-state index in [1.54, 1.807) is 0 Å². The van der Waals surface area contributed by atoms with Gasteiger partial charge in [0.1, 0.15) is 0 Å². The molecular formula is C13H25N3. The van der Waals surface area contributed by atoms with Crippen molar-refractivity contribution in [2.75, 3.05) is 13.1 Å². The maximum absolute atomic E-state index is 6.07. The molecule has 0 radical (unpaired) electrons. The number of guanidine groups is 1. The molecule has 3 nitrogen and oxygen atoms in total. The lowest BCUT2D eigenvalue weighted by Crippen LogP contribution is -2.57. The van der Waals surface area contributed by atoms with E-state index in [1.165, 1.54) is 25.7 Å². The summed E-state index contributed by atoms with van der Waals surface area (Å²) in [6.45, 7) is 8.87. The lowest BCUT2D eigenvalue weighted by molar-refractivity contribution is 0.0749. The Kier molecular flexibility index (Phi) is 3.13. The van der Waals surface area contributed by atoms with Crippen molar-refractivity contribution in [3.8, 4) is 0 Å². The molecule has 1 spiro atoms. The number of aliphatic imine (C=N–C) groups is 1. The molecule has 2 N–H and O–H groups in total. The Morgan fingerprint density at radius 2 is 2.25 bits per heavy atom. The van der Waals surface area contributed by atoms with Gasteiger partial charge in [-0.1, -0.05) is 33.6 Å². The first-order chi connectivity index (χ1) is 7.56. The van der Waals surface area contributed by atoms with E-state index in [9.17, 15) is 0 Å². The largest absolute Gasteiger partial charge is 0.370 e. The smallest absolute Gasteiger partial charge is 0.191 e. The number of rotatable bonds is 2. The van der Waals surface area contributed by atoms with Crippen molar-refractivity contribution < 1.29 is 0 Å². The van der Waals surface area contributed by atoms with E-state index < -0.39 is 0 Å². The van der Waals surface area contributed by atoms with Crippen LogP contribution in [0.4, 0.5) is 0 Å². The van der Waals surface area contributed by atoms with Crippen LogP contribution in [0.3, 0.4) is 0 Å². The van der Waals surface area contributed by atoms with E-state index >= 15 is 0 Å². The summed E-state index contributed by atoms with van der Waals surface area (Å²) in [4.78, 5) is 6.92. The van der Waals surface area contributed by atoms with Crippen molar-refractivity contribution in [3.63, 3.8) is 0 Å². The van der Waals surface area contributed by atoms with Gasteiger partial charge < -0.3 is 10.6 Å². The number of nitrogens with zero attached hydrogens (tertiary/aromatic N) is 2. The van der Waals surface area contributed by atoms with Crippen LogP contribution in [0.2, 0.25) is 0 Å². The predicted molar refractivity (Wildman–Crippen MR) is 68.4 cm³/mol. The summed E-state index contributed by atoms with van der Waals surface area (Å²) < 4.78 is 0. The zero-order chi connectivity index (χ0) is 11.8. The first-order valence-electron chi connectivity index (χ1n) is 6.64. The molecule has 0 aromatic rings. The minimum absolute atomic E-state index is 0.257. The van der Waals surface area contributed by atoms with E-state index in [2.05, 4.69) is 30.7 Å². The lowest BCUT2D eigenvalue weighted by atomic mass is 9.73. The topological polar surface area (TPSA) is 41.6 Å². The summed E-state index contributed by atoms with van der Waals surface area (Å²) in [7, 11) is 0. The zero-order valence-electron chi connectivity index (χ0n) is 10.9.